The third-order valence-electron chi connectivity index (χ3n) is 2.44. The Balaban J connectivity index is 2.81. The fraction of sp³-hybridized carbons (Fsp3) is 0.462. The number of hydrogen-bond donors (Lipinski definition) is 0. The van der Waals surface area contributed by atoms with Crippen LogP contribution in [0.4, 0.5) is 0 Å². The fourth-order valence-electron chi connectivity index (χ4n) is 1.44. The SMILES string of the molecule is CC(C)(C)C(=O)C(Br)Cc1ccc(Cl)cc1I. The summed E-state index contributed by atoms with van der Waals surface area (Å²) in [6.45, 7) is 5.82. The van der Waals surface area contributed by atoms with Gasteiger partial charge in [0.2, 0.25) is 0 Å². The highest BCUT2D eigenvalue weighted by Crippen LogP contribution is 2.26. The molecule has 0 radical (unpaired) electrons. The molecule has 1 nitrogen and oxygen atoms in total. The molecule has 1 aromatic rings. The Morgan fingerprint density at radius 2 is 2.06 bits per heavy atom. The number of Topliss-reactive ketones (excluding diaryl/α,β-unsaturated/α-hetero) is 1. The number of alkyl halides is 1. The van der Waals surface area contributed by atoms with Gasteiger partial charge in [0, 0.05) is 14.0 Å². The van der Waals surface area contributed by atoms with Gasteiger partial charge < -0.3 is 0 Å². The predicted octanol–water partition coefficient (Wildman–Crippen LogP) is 4.87. The molecule has 17 heavy (non-hydrogen) atoms. The Morgan fingerprint density at radius 3 is 2.53 bits per heavy atom. The van der Waals surface area contributed by atoms with E-state index in [-0.39, 0.29) is 16.0 Å². The molecular formula is C13H15BrClIO. The van der Waals surface area contributed by atoms with E-state index in [4.69, 9.17) is 11.6 Å². The molecule has 0 heterocycles. The first kappa shape index (κ1) is 15.4. The molecule has 1 atom stereocenters. The summed E-state index contributed by atoms with van der Waals surface area (Å²) in [4.78, 5) is 11.9. The molecular weight excluding hydrogens is 414 g/mol. The first-order valence-corrected chi connectivity index (χ1v) is 7.71. The highest BCUT2D eigenvalue weighted by molar-refractivity contribution is 14.1. The van der Waals surface area contributed by atoms with Gasteiger partial charge in [0.05, 0.1) is 4.83 Å². The average Bonchev–Trinajstić information content (AvgIpc) is 2.19. The summed E-state index contributed by atoms with van der Waals surface area (Å²) in [6.07, 6.45) is 0.700. The molecule has 0 spiro atoms. The van der Waals surface area contributed by atoms with E-state index in [2.05, 4.69) is 38.5 Å². The highest BCUT2D eigenvalue weighted by atomic mass is 127. The lowest BCUT2D eigenvalue weighted by Crippen LogP contribution is -2.30. The van der Waals surface area contributed by atoms with Crippen molar-refractivity contribution >= 4 is 55.9 Å². The van der Waals surface area contributed by atoms with Gasteiger partial charge in [0.25, 0.3) is 0 Å². The van der Waals surface area contributed by atoms with Crippen molar-refractivity contribution in [1.29, 1.82) is 0 Å². The van der Waals surface area contributed by atoms with Gasteiger partial charge in [0.15, 0.2) is 5.78 Å². The summed E-state index contributed by atoms with van der Waals surface area (Å²) in [5, 5.41) is 0.728. The summed E-state index contributed by atoms with van der Waals surface area (Å²) < 4.78 is 1.10. The van der Waals surface area contributed by atoms with Crippen LogP contribution < -0.4 is 0 Å². The number of ketones is 1. The smallest absolute Gasteiger partial charge is 0.152 e. The lowest BCUT2D eigenvalue weighted by molar-refractivity contribution is -0.125. The third kappa shape index (κ3) is 4.52. The van der Waals surface area contributed by atoms with Crippen LogP contribution in [0.1, 0.15) is 26.3 Å². The van der Waals surface area contributed by atoms with Crippen LogP contribution in [0.2, 0.25) is 5.02 Å². The van der Waals surface area contributed by atoms with E-state index in [0.29, 0.717) is 6.42 Å². The molecule has 0 fully saturated rings. The largest absolute Gasteiger partial charge is 0.298 e. The molecule has 0 N–H and O–H groups in total. The molecule has 0 aliphatic rings. The van der Waals surface area contributed by atoms with Crippen LogP contribution in [0, 0.1) is 8.99 Å². The van der Waals surface area contributed by atoms with Crippen LogP contribution in [0.5, 0.6) is 0 Å². The molecule has 0 amide bonds. The summed E-state index contributed by atoms with van der Waals surface area (Å²) in [7, 11) is 0. The van der Waals surface area contributed by atoms with Gasteiger partial charge in [0.1, 0.15) is 0 Å². The maximum absolute atomic E-state index is 12.1. The normalized spacial score (nSPS) is 13.5. The zero-order chi connectivity index (χ0) is 13.2. The number of rotatable bonds is 3. The maximum Gasteiger partial charge on any atom is 0.152 e. The molecule has 1 rings (SSSR count). The quantitative estimate of drug-likeness (QED) is 0.495. The van der Waals surface area contributed by atoms with Gasteiger partial charge in [-0.25, -0.2) is 0 Å². The van der Waals surface area contributed by atoms with Crippen LogP contribution in [0.15, 0.2) is 18.2 Å². The van der Waals surface area contributed by atoms with Crippen molar-refractivity contribution in [3.63, 3.8) is 0 Å². The van der Waals surface area contributed by atoms with E-state index in [1.54, 1.807) is 0 Å². The summed E-state index contributed by atoms with van der Waals surface area (Å²) in [6, 6.07) is 5.76. The van der Waals surface area contributed by atoms with E-state index >= 15 is 0 Å². The maximum atomic E-state index is 12.1. The van der Waals surface area contributed by atoms with Crippen LogP contribution in [0.25, 0.3) is 0 Å². The number of carbonyl (C=O) groups is 1. The van der Waals surface area contributed by atoms with Crippen LogP contribution in [-0.4, -0.2) is 10.6 Å². The minimum atomic E-state index is -0.313. The number of carbonyl (C=O) groups excluding carboxylic acids is 1. The van der Waals surface area contributed by atoms with Crippen molar-refractivity contribution in [2.75, 3.05) is 0 Å². The number of halogens is 3. The van der Waals surface area contributed by atoms with Gasteiger partial charge in [-0.1, -0.05) is 54.4 Å². The van der Waals surface area contributed by atoms with Gasteiger partial charge in [-0.15, -0.1) is 0 Å². The van der Waals surface area contributed by atoms with Crippen LogP contribution in [0.3, 0.4) is 0 Å². The molecule has 0 saturated heterocycles. The number of hydrogen-bond acceptors (Lipinski definition) is 1. The molecule has 0 aromatic heterocycles. The minimum Gasteiger partial charge on any atom is -0.298 e. The lowest BCUT2D eigenvalue weighted by atomic mass is 9.87. The standard InChI is InChI=1S/C13H15BrClIO/c1-13(2,3)12(17)10(14)6-8-4-5-9(15)7-11(8)16/h4-5,7,10H,6H2,1-3H3. The van der Waals surface area contributed by atoms with Crippen molar-refractivity contribution in [2.45, 2.75) is 32.0 Å². The van der Waals surface area contributed by atoms with Gasteiger partial charge >= 0.3 is 0 Å². The van der Waals surface area contributed by atoms with Crippen LogP contribution >= 0.6 is 50.1 Å². The Kier molecular flexibility index (Phi) is 5.47. The van der Waals surface area contributed by atoms with E-state index in [1.165, 1.54) is 0 Å². The van der Waals surface area contributed by atoms with Crippen LogP contribution in [-0.2, 0) is 11.2 Å². The lowest BCUT2D eigenvalue weighted by Gasteiger charge is -2.21. The summed E-state index contributed by atoms with van der Waals surface area (Å²) in [5.74, 6) is 0.225. The van der Waals surface area contributed by atoms with E-state index in [1.807, 2.05) is 39.0 Å². The monoisotopic (exact) mass is 428 g/mol. The second-order valence-corrected chi connectivity index (χ2v) is 7.73. The van der Waals surface area contributed by atoms with Crippen molar-refractivity contribution in [3.05, 3.63) is 32.4 Å². The van der Waals surface area contributed by atoms with Crippen molar-refractivity contribution in [3.8, 4) is 0 Å². The summed E-state index contributed by atoms with van der Waals surface area (Å²) in [5.41, 5.74) is 0.834. The Morgan fingerprint density at radius 1 is 1.47 bits per heavy atom. The zero-order valence-electron chi connectivity index (χ0n) is 10.1. The Hall–Kier alpha value is 0.390. The molecule has 1 aromatic carbocycles. The van der Waals surface area contributed by atoms with E-state index < -0.39 is 0 Å². The van der Waals surface area contributed by atoms with Crippen molar-refractivity contribution in [1.82, 2.24) is 0 Å². The Labute approximate surface area is 130 Å². The second-order valence-electron chi connectivity index (χ2n) is 5.02. The molecule has 0 saturated carbocycles. The van der Waals surface area contributed by atoms with Crippen molar-refractivity contribution in [2.24, 2.45) is 5.41 Å². The molecule has 0 bridgehead atoms. The second kappa shape index (κ2) is 6.02. The van der Waals surface area contributed by atoms with E-state index in [9.17, 15) is 4.79 Å². The summed E-state index contributed by atoms with van der Waals surface area (Å²) >= 11 is 11.6. The highest BCUT2D eigenvalue weighted by Gasteiger charge is 2.28. The zero-order valence-corrected chi connectivity index (χ0v) is 14.6. The van der Waals surface area contributed by atoms with Gasteiger partial charge in [-0.2, -0.15) is 0 Å². The first-order chi connectivity index (χ1) is 7.71. The van der Waals surface area contributed by atoms with E-state index in [0.717, 1.165) is 14.2 Å². The molecule has 0 aliphatic heterocycles. The van der Waals surface area contributed by atoms with Gasteiger partial charge in [-0.05, 0) is 46.7 Å². The molecule has 1 unspecified atom stereocenters. The first-order valence-electron chi connectivity index (χ1n) is 5.34. The topological polar surface area (TPSA) is 17.1 Å². The minimum absolute atomic E-state index is 0.141. The molecule has 4 heteroatoms. The van der Waals surface area contributed by atoms with Gasteiger partial charge in [-0.3, -0.25) is 4.79 Å². The number of benzene rings is 1. The predicted molar refractivity (Wildman–Crippen MR) is 85.1 cm³/mol. The third-order valence-corrected chi connectivity index (χ3v) is 4.42. The molecule has 94 valence electrons. The fourth-order valence-corrected chi connectivity index (χ4v) is 3.57. The molecule has 0 aliphatic carbocycles. The average molecular weight is 430 g/mol. The Bertz CT molecular complexity index is 426. The van der Waals surface area contributed by atoms with Crippen molar-refractivity contribution < 1.29 is 4.79 Å².